The molecule has 0 saturated heterocycles. The number of amides is 1. The SMILES string of the molecule is CC1CCCCC1C(=O)NS(=O)(=O)c1c(Cl)cccc1Cl. The molecule has 0 bridgehead atoms. The first-order chi connectivity index (χ1) is 9.83. The van der Waals surface area contributed by atoms with Crippen molar-refractivity contribution < 1.29 is 13.2 Å². The standard InChI is InChI=1S/C14H17Cl2NO3S/c1-9-5-2-3-6-10(9)14(18)17-21(19,20)13-11(15)7-4-8-12(13)16/h4,7-10H,2-3,5-6H2,1H3,(H,17,18). The third-order valence-electron chi connectivity index (χ3n) is 3.87. The number of benzene rings is 1. The monoisotopic (exact) mass is 349 g/mol. The summed E-state index contributed by atoms with van der Waals surface area (Å²) >= 11 is 11.8. The van der Waals surface area contributed by atoms with E-state index in [0.29, 0.717) is 6.42 Å². The fourth-order valence-electron chi connectivity index (χ4n) is 2.70. The predicted octanol–water partition coefficient (Wildman–Crippen LogP) is 3.62. The molecule has 116 valence electrons. The van der Waals surface area contributed by atoms with E-state index in [1.807, 2.05) is 6.92 Å². The first-order valence-corrected chi connectivity index (χ1v) is 9.07. The van der Waals surface area contributed by atoms with Crippen LogP contribution in [0.15, 0.2) is 23.1 Å². The molecule has 1 N–H and O–H groups in total. The van der Waals surface area contributed by atoms with Crippen LogP contribution in [0.2, 0.25) is 10.0 Å². The van der Waals surface area contributed by atoms with Crippen LogP contribution >= 0.6 is 23.2 Å². The van der Waals surface area contributed by atoms with E-state index in [0.717, 1.165) is 19.3 Å². The molecule has 2 atom stereocenters. The Bertz CT molecular complexity index is 625. The summed E-state index contributed by atoms with van der Waals surface area (Å²) in [6.45, 7) is 1.97. The molecule has 1 fully saturated rings. The van der Waals surface area contributed by atoms with Gasteiger partial charge in [-0.1, -0.05) is 49.0 Å². The van der Waals surface area contributed by atoms with E-state index < -0.39 is 15.9 Å². The maximum atomic E-state index is 12.3. The summed E-state index contributed by atoms with van der Waals surface area (Å²) in [6, 6.07) is 4.40. The molecular formula is C14H17Cl2NO3S. The Morgan fingerprint density at radius 3 is 2.33 bits per heavy atom. The van der Waals surface area contributed by atoms with Gasteiger partial charge in [-0.3, -0.25) is 4.79 Å². The van der Waals surface area contributed by atoms with Crippen molar-refractivity contribution in [1.29, 1.82) is 0 Å². The lowest BCUT2D eigenvalue weighted by molar-refractivity contribution is -0.125. The zero-order chi connectivity index (χ0) is 15.6. The number of hydrogen-bond donors (Lipinski definition) is 1. The van der Waals surface area contributed by atoms with Crippen molar-refractivity contribution in [2.75, 3.05) is 0 Å². The van der Waals surface area contributed by atoms with Gasteiger partial charge in [-0.05, 0) is 30.9 Å². The molecule has 1 aromatic rings. The largest absolute Gasteiger partial charge is 0.274 e. The summed E-state index contributed by atoms with van der Waals surface area (Å²) in [5.74, 6) is -0.580. The Labute approximate surface area is 134 Å². The van der Waals surface area contributed by atoms with Gasteiger partial charge in [0.1, 0.15) is 4.90 Å². The van der Waals surface area contributed by atoms with Crippen LogP contribution in [0, 0.1) is 11.8 Å². The highest BCUT2D eigenvalue weighted by Gasteiger charge is 2.32. The van der Waals surface area contributed by atoms with Gasteiger partial charge in [0.15, 0.2) is 0 Å². The van der Waals surface area contributed by atoms with Gasteiger partial charge in [0, 0.05) is 5.92 Å². The number of rotatable bonds is 3. The van der Waals surface area contributed by atoms with E-state index in [9.17, 15) is 13.2 Å². The highest BCUT2D eigenvalue weighted by atomic mass is 35.5. The van der Waals surface area contributed by atoms with Crippen molar-refractivity contribution in [3.63, 3.8) is 0 Å². The Morgan fingerprint density at radius 1 is 1.19 bits per heavy atom. The summed E-state index contributed by atoms with van der Waals surface area (Å²) in [5, 5.41) is -0.000940. The lowest BCUT2D eigenvalue weighted by Crippen LogP contribution is -2.39. The van der Waals surface area contributed by atoms with Gasteiger partial charge >= 0.3 is 0 Å². The Hall–Kier alpha value is -0.780. The number of carbonyl (C=O) groups is 1. The molecule has 2 unspecified atom stereocenters. The molecule has 1 amide bonds. The van der Waals surface area contributed by atoms with Gasteiger partial charge in [0.25, 0.3) is 10.0 Å². The van der Waals surface area contributed by atoms with Crippen molar-refractivity contribution in [1.82, 2.24) is 4.72 Å². The molecule has 0 radical (unpaired) electrons. The van der Waals surface area contributed by atoms with Crippen LogP contribution < -0.4 is 4.72 Å². The summed E-state index contributed by atoms with van der Waals surface area (Å²) in [5.41, 5.74) is 0. The average Bonchev–Trinajstić information content (AvgIpc) is 2.37. The van der Waals surface area contributed by atoms with Crippen LogP contribution in [0.5, 0.6) is 0 Å². The third-order valence-corrected chi connectivity index (χ3v) is 6.17. The topological polar surface area (TPSA) is 63.2 Å². The minimum absolute atomic E-state index is 0.000470. The number of sulfonamides is 1. The molecule has 0 aromatic heterocycles. The van der Waals surface area contributed by atoms with E-state index >= 15 is 0 Å². The molecule has 7 heteroatoms. The van der Waals surface area contributed by atoms with Crippen molar-refractivity contribution in [3.05, 3.63) is 28.2 Å². The minimum atomic E-state index is -4.06. The lowest BCUT2D eigenvalue weighted by Gasteiger charge is -2.27. The molecule has 2 rings (SSSR count). The maximum Gasteiger partial charge on any atom is 0.267 e. The second-order valence-corrected chi connectivity index (χ2v) is 7.82. The first kappa shape index (κ1) is 16.6. The van der Waals surface area contributed by atoms with Crippen molar-refractivity contribution in [2.45, 2.75) is 37.5 Å². The molecule has 21 heavy (non-hydrogen) atoms. The van der Waals surface area contributed by atoms with Gasteiger partial charge in [0.2, 0.25) is 5.91 Å². The Balaban J connectivity index is 2.23. The lowest BCUT2D eigenvalue weighted by atomic mass is 9.80. The van der Waals surface area contributed by atoms with Gasteiger partial charge in [-0.2, -0.15) is 0 Å². The second-order valence-electron chi connectivity index (χ2n) is 5.39. The number of halogens is 2. The molecule has 1 aliphatic carbocycles. The van der Waals surface area contributed by atoms with Gasteiger partial charge in [-0.15, -0.1) is 0 Å². The normalized spacial score (nSPS) is 22.8. The van der Waals surface area contributed by atoms with E-state index in [1.165, 1.54) is 12.1 Å². The Morgan fingerprint density at radius 2 is 1.76 bits per heavy atom. The van der Waals surface area contributed by atoms with E-state index in [4.69, 9.17) is 23.2 Å². The molecule has 4 nitrogen and oxygen atoms in total. The van der Waals surface area contributed by atoms with Crippen LogP contribution in [0.1, 0.15) is 32.6 Å². The summed E-state index contributed by atoms with van der Waals surface area (Å²) in [6.07, 6.45) is 3.66. The van der Waals surface area contributed by atoms with Gasteiger partial charge < -0.3 is 0 Å². The van der Waals surface area contributed by atoms with Crippen LogP contribution in [-0.4, -0.2) is 14.3 Å². The first-order valence-electron chi connectivity index (χ1n) is 6.83. The second kappa shape index (κ2) is 6.55. The molecule has 1 aliphatic rings. The quantitative estimate of drug-likeness (QED) is 0.906. The molecule has 0 aliphatic heterocycles. The van der Waals surface area contributed by atoms with Crippen LogP contribution in [0.4, 0.5) is 0 Å². The number of nitrogens with one attached hydrogen (secondary N) is 1. The molecule has 0 heterocycles. The predicted molar refractivity (Wildman–Crippen MR) is 82.9 cm³/mol. The summed E-state index contributed by atoms with van der Waals surface area (Å²) in [4.78, 5) is 12.0. The molecule has 1 aromatic carbocycles. The molecule has 0 spiro atoms. The zero-order valence-electron chi connectivity index (χ0n) is 11.6. The fraction of sp³-hybridized carbons (Fsp3) is 0.500. The zero-order valence-corrected chi connectivity index (χ0v) is 13.9. The van der Waals surface area contributed by atoms with Crippen LogP contribution in [0.3, 0.4) is 0 Å². The number of hydrogen-bond acceptors (Lipinski definition) is 3. The smallest absolute Gasteiger partial charge is 0.267 e. The van der Waals surface area contributed by atoms with Crippen molar-refractivity contribution >= 4 is 39.1 Å². The average molecular weight is 350 g/mol. The van der Waals surface area contributed by atoms with Crippen LogP contribution in [0.25, 0.3) is 0 Å². The van der Waals surface area contributed by atoms with E-state index in [2.05, 4.69) is 4.72 Å². The highest BCUT2D eigenvalue weighted by molar-refractivity contribution is 7.90. The van der Waals surface area contributed by atoms with Gasteiger partial charge in [0.05, 0.1) is 10.0 Å². The molecular weight excluding hydrogens is 333 g/mol. The van der Waals surface area contributed by atoms with E-state index in [-0.39, 0.29) is 26.8 Å². The fourth-order valence-corrected chi connectivity index (χ4v) is 4.88. The Kier molecular flexibility index (Phi) is 5.17. The maximum absolute atomic E-state index is 12.3. The molecule has 1 saturated carbocycles. The third kappa shape index (κ3) is 3.71. The van der Waals surface area contributed by atoms with E-state index in [1.54, 1.807) is 6.07 Å². The summed E-state index contributed by atoms with van der Waals surface area (Å²) < 4.78 is 26.8. The number of carbonyl (C=O) groups excluding carboxylic acids is 1. The highest BCUT2D eigenvalue weighted by Crippen LogP contribution is 2.32. The van der Waals surface area contributed by atoms with Crippen LogP contribution in [-0.2, 0) is 14.8 Å². The van der Waals surface area contributed by atoms with Crippen molar-refractivity contribution in [2.24, 2.45) is 11.8 Å². The van der Waals surface area contributed by atoms with Gasteiger partial charge in [-0.25, -0.2) is 13.1 Å². The minimum Gasteiger partial charge on any atom is -0.274 e. The van der Waals surface area contributed by atoms with Crippen molar-refractivity contribution in [3.8, 4) is 0 Å². The summed E-state index contributed by atoms with van der Waals surface area (Å²) in [7, 11) is -4.06.